The molecule has 0 fully saturated rings. The third kappa shape index (κ3) is 4.30. The molecule has 0 heterocycles. The molecule has 0 aliphatic heterocycles. The molecule has 94 valence electrons. The maximum absolute atomic E-state index is 11.9. The minimum absolute atomic E-state index is 0.0385. The van der Waals surface area contributed by atoms with E-state index in [0.717, 1.165) is 11.3 Å². The van der Waals surface area contributed by atoms with E-state index in [2.05, 4.69) is 19.2 Å². The summed E-state index contributed by atoms with van der Waals surface area (Å²) in [6.07, 6.45) is 0. The molecule has 0 aliphatic carbocycles. The maximum atomic E-state index is 11.9. The first-order chi connectivity index (χ1) is 7.90. The Bertz CT molecular complexity index is 404. The lowest BCUT2D eigenvalue weighted by atomic mass is 10.2. The number of nitrogens with one attached hydrogen (secondary N) is 1. The zero-order chi connectivity index (χ0) is 13.0. The number of hydrogen-bond acceptors (Lipinski definition) is 3. The molecular weight excluding hydrogens is 232 g/mol. The largest absolute Gasteiger partial charge is 0.399 e. The maximum Gasteiger partial charge on any atom is 0.237 e. The SMILES string of the molecule is Cc1cc(N)ccc1NC(=O)C(C)SC(C)C. The Labute approximate surface area is 107 Å². The second-order valence-corrected chi connectivity index (χ2v) is 6.31. The van der Waals surface area contributed by atoms with Gasteiger partial charge in [0.2, 0.25) is 5.91 Å². The van der Waals surface area contributed by atoms with E-state index in [1.54, 1.807) is 17.8 Å². The number of nitrogen functional groups attached to an aromatic ring is 1. The highest BCUT2D eigenvalue weighted by atomic mass is 32.2. The topological polar surface area (TPSA) is 55.1 Å². The van der Waals surface area contributed by atoms with Gasteiger partial charge in [-0.15, -0.1) is 11.8 Å². The third-order valence-electron chi connectivity index (χ3n) is 2.35. The Kier molecular flexibility index (Phi) is 4.87. The van der Waals surface area contributed by atoms with Crippen LogP contribution in [0.15, 0.2) is 18.2 Å². The number of aryl methyl sites for hydroxylation is 1. The summed E-state index contributed by atoms with van der Waals surface area (Å²) in [6.45, 7) is 8.03. The molecule has 0 spiro atoms. The van der Waals surface area contributed by atoms with Gasteiger partial charge in [0.25, 0.3) is 0 Å². The van der Waals surface area contributed by atoms with Crippen LogP contribution in [0.3, 0.4) is 0 Å². The van der Waals surface area contributed by atoms with Crippen molar-refractivity contribution in [1.29, 1.82) is 0 Å². The highest BCUT2D eigenvalue weighted by Gasteiger charge is 2.15. The van der Waals surface area contributed by atoms with E-state index in [-0.39, 0.29) is 11.2 Å². The van der Waals surface area contributed by atoms with Crippen LogP contribution >= 0.6 is 11.8 Å². The number of nitrogens with two attached hydrogens (primary N) is 1. The predicted molar refractivity (Wildman–Crippen MR) is 76.4 cm³/mol. The molecule has 0 bridgehead atoms. The van der Waals surface area contributed by atoms with Gasteiger partial charge in [-0.1, -0.05) is 13.8 Å². The zero-order valence-electron chi connectivity index (χ0n) is 10.8. The molecule has 17 heavy (non-hydrogen) atoms. The fourth-order valence-corrected chi connectivity index (χ4v) is 2.53. The van der Waals surface area contributed by atoms with Crippen LogP contribution in [0.4, 0.5) is 11.4 Å². The zero-order valence-corrected chi connectivity index (χ0v) is 11.6. The lowest BCUT2D eigenvalue weighted by Crippen LogP contribution is -2.24. The molecule has 4 heteroatoms. The second kappa shape index (κ2) is 5.96. The molecule has 3 N–H and O–H groups in total. The summed E-state index contributed by atoms with van der Waals surface area (Å²) in [6, 6.07) is 5.49. The van der Waals surface area contributed by atoms with E-state index in [1.807, 2.05) is 26.0 Å². The lowest BCUT2D eigenvalue weighted by Gasteiger charge is -2.15. The van der Waals surface area contributed by atoms with Gasteiger partial charge in [0.05, 0.1) is 5.25 Å². The van der Waals surface area contributed by atoms with Gasteiger partial charge >= 0.3 is 0 Å². The van der Waals surface area contributed by atoms with Crippen molar-refractivity contribution in [3.05, 3.63) is 23.8 Å². The van der Waals surface area contributed by atoms with Gasteiger partial charge in [0.1, 0.15) is 0 Å². The highest BCUT2D eigenvalue weighted by molar-refractivity contribution is 8.01. The van der Waals surface area contributed by atoms with Crippen molar-refractivity contribution in [2.75, 3.05) is 11.1 Å². The van der Waals surface area contributed by atoms with Gasteiger partial charge in [-0.25, -0.2) is 0 Å². The summed E-state index contributed by atoms with van der Waals surface area (Å²) in [4.78, 5) is 11.9. The molecule has 1 aromatic rings. The molecule has 1 atom stereocenters. The van der Waals surface area contributed by atoms with Crippen LogP contribution in [-0.2, 0) is 4.79 Å². The van der Waals surface area contributed by atoms with Gasteiger partial charge in [-0.05, 0) is 42.9 Å². The molecule has 0 aliphatic rings. The lowest BCUT2D eigenvalue weighted by molar-refractivity contribution is -0.115. The summed E-state index contributed by atoms with van der Waals surface area (Å²) in [5.41, 5.74) is 8.20. The van der Waals surface area contributed by atoms with Gasteiger partial charge < -0.3 is 11.1 Å². The number of hydrogen-bond donors (Lipinski definition) is 2. The molecule has 1 unspecified atom stereocenters. The van der Waals surface area contributed by atoms with Crippen LogP contribution in [0.2, 0.25) is 0 Å². The smallest absolute Gasteiger partial charge is 0.237 e. The minimum atomic E-state index is -0.0491. The van der Waals surface area contributed by atoms with Crippen LogP contribution in [-0.4, -0.2) is 16.4 Å². The van der Waals surface area contributed by atoms with Gasteiger partial charge in [-0.3, -0.25) is 4.79 Å². The van der Waals surface area contributed by atoms with Gasteiger partial charge in [0, 0.05) is 11.4 Å². The Morgan fingerprint density at radius 1 is 1.35 bits per heavy atom. The fraction of sp³-hybridized carbons (Fsp3) is 0.462. The Morgan fingerprint density at radius 2 is 2.00 bits per heavy atom. The molecule has 3 nitrogen and oxygen atoms in total. The average molecular weight is 252 g/mol. The molecular formula is C13H20N2OS. The quantitative estimate of drug-likeness (QED) is 0.810. The first-order valence-electron chi connectivity index (χ1n) is 5.72. The van der Waals surface area contributed by atoms with Crippen LogP contribution in [0.5, 0.6) is 0 Å². The number of benzene rings is 1. The fourth-order valence-electron chi connectivity index (χ4n) is 1.53. The van der Waals surface area contributed by atoms with Crippen LogP contribution in [0.1, 0.15) is 26.3 Å². The van der Waals surface area contributed by atoms with Crippen molar-refractivity contribution in [2.45, 2.75) is 38.2 Å². The molecule has 0 aromatic heterocycles. The van der Waals surface area contributed by atoms with Crippen LogP contribution in [0.25, 0.3) is 0 Å². The van der Waals surface area contributed by atoms with Crippen molar-refractivity contribution in [3.8, 4) is 0 Å². The van der Waals surface area contributed by atoms with E-state index < -0.39 is 0 Å². The minimum Gasteiger partial charge on any atom is -0.399 e. The monoisotopic (exact) mass is 252 g/mol. The Balaban J connectivity index is 2.67. The number of carbonyl (C=O) groups is 1. The molecule has 1 aromatic carbocycles. The predicted octanol–water partition coefficient (Wildman–Crippen LogP) is 3.05. The first-order valence-corrected chi connectivity index (χ1v) is 6.67. The van der Waals surface area contributed by atoms with Crippen molar-refractivity contribution in [2.24, 2.45) is 0 Å². The normalized spacial score (nSPS) is 12.5. The van der Waals surface area contributed by atoms with Crippen molar-refractivity contribution in [1.82, 2.24) is 0 Å². The van der Waals surface area contributed by atoms with Crippen LogP contribution < -0.4 is 11.1 Å². The van der Waals surface area contributed by atoms with Crippen molar-refractivity contribution < 1.29 is 4.79 Å². The summed E-state index contributed by atoms with van der Waals surface area (Å²) in [5, 5.41) is 3.33. The standard InChI is InChI=1S/C13H20N2OS/c1-8(2)17-10(4)13(16)15-12-6-5-11(14)7-9(12)3/h5-8,10H,14H2,1-4H3,(H,15,16). The van der Waals surface area contributed by atoms with Crippen molar-refractivity contribution in [3.63, 3.8) is 0 Å². The first kappa shape index (κ1) is 13.9. The molecule has 1 rings (SSSR count). The number of carbonyl (C=O) groups excluding carboxylic acids is 1. The van der Waals surface area contributed by atoms with Crippen molar-refractivity contribution >= 4 is 29.0 Å². The van der Waals surface area contributed by atoms with E-state index in [4.69, 9.17) is 5.73 Å². The van der Waals surface area contributed by atoms with E-state index in [9.17, 15) is 4.79 Å². The number of amides is 1. The van der Waals surface area contributed by atoms with E-state index in [0.29, 0.717) is 10.9 Å². The molecule has 0 saturated heterocycles. The summed E-state index contributed by atoms with van der Waals surface area (Å²) < 4.78 is 0. The van der Waals surface area contributed by atoms with Crippen LogP contribution in [0, 0.1) is 6.92 Å². The number of anilines is 2. The van der Waals surface area contributed by atoms with Gasteiger partial charge in [-0.2, -0.15) is 0 Å². The third-order valence-corrected chi connectivity index (χ3v) is 3.52. The van der Waals surface area contributed by atoms with E-state index >= 15 is 0 Å². The molecule has 1 amide bonds. The number of thioether (sulfide) groups is 1. The summed E-state index contributed by atoms with van der Waals surface area (Å²) in [5.74, 6) is 0.0385. The highest BCUT2D eigenvalue weighted by Crippen LogP contribution is 2.21. The summed E-state index contributed by atoms with van der Waals surface area (Å²) in [7, 11) is 0. The number of rotatable bonds is 4. The van der Waals surface area contributed by atoms with E-state index in [1.165, 1.54) is 0 Å². The average Bonchev–Trinajstić information content (AvgIpc) is 2.21. The molecule has 0 radical (unpaired) electrons. The Morgan fingerprint density at radius 3 is 2.53 bits per heavy atom. The molecule has 0 saturated carbocycles. The second-order valence-electron chi connectivity index (χ2n) is 4.39. The summed E-state index contributed by atoms with van der Waals surface area (Å²) >= 11 is 1.65. The Hall–Kier alpha value is -1.16. The van der Waals surface area contributed by atoms with Gasteiger partial charge in [0.15, 0.2) is 0 Å².